The molecule has 0 amide bonds. The van der Waals surface area contributed by atoms with Crippen molar-refractivity contribution in [3.63, 3.8) is 0 Å². The fourth-order valence-corrected chi connectivity index (χ4v) is 1.93. The molecule has 0 fully saturated rings. The van der Waals surface area contributed by atoms with Crippen molar-refractivity contribution in [3.8, 4) is 11.4 Å². The van der Waals surface area contributed by atoms with Crippen LogP contribution in [0.4, 0.5) is 0 Å². The Kier molecular flexibility index (Phi) is 4.11. The summed E-state index contributed by atoms with van der Waals surface area (Å²) in [5.41, 5.74) is 1.69. The first-order valence-corrected chi connectivity index (χ1v) is 5.62. The molecule has 18 heavy (non-hydrogen) atoms. The maximum Gasteiger partial charge on any atom is 0.130 e. The molecule has 2 aromatic carbocycles. The quantitative estimate of drug-likeness (QED) is 0.440. The summed E-state index contributed by atoms with van der Waals surface area (Å²) in [4.78, 5) is 8.77. The molecule has 0 saturated heterocycles. The van der Waals surface area contributed by atoms with Crippen LogP contribution in [0.3, 0.4) is 0 Å². The molecule has 0 unspecified atom stereocenters. The average Bonchev–Trinajstić information content (AvgIpc) is 2.40. The molecule has 0 bridgehead atoms. The fourth-order valence-electron chi connectivity index (χ4n) is 1.69. The molecule has 0 saturated carbocycles. The van der Waals surface area contributed by atoms with Crippen LogP contribution in [-0.2, 0) is 21.1 Å². The van der Waals surface area contributed by atoms with Crippen LogP contribution in [0.2, 0.25) is 5.15 Å². The second-order valence-electron chi connectivity index (χ2n) is 3.63. The Morgan fingerprint density at radius 3 is 2.50 bits per heavy atom. The monoisotopic (exact) mass is 423 g/mol. The third kappa shape index (κ3) is 2.45. The fraction of sp³-hybridized carbons (Fsp3) is 0. The molecule has 3 aromatic rings. The number of halogens is 1. The van der Waals surface area contributed by atoms with Gasteiger partial charge >= 0.3 is 0 Å². The van der Waals surface area contributed by atoms with Crippen LogP contribution in [-0.4, -0.2) is 9.97 Å². The minimum atomic E-state index is 0. The number of aromatic nitrogens is 2. The van der Waals surface area contributed by atoms with E-state index in [1.165, 1.54) is 0 Å². The van der Waals surface area contributed by atoms with Gasteiger partial charge in [-0.15, -0.1) is 35.9 Å². The van der Waals surface area contributed by atoms with Gasteiger partial charge in [0.05, 0.1) is 11.3 Å². The van der Waals surface area contributed by atoms with Crippen molar-refractivity contribution in [2.45, 2.75) is 0 Å². The Morgan fingerprint density at radius 1 is 0.944 bits per heavy atom. The molecule has 0 spiro atoms. The Labute approximate surface area is 124 Å². The topological polar surface area (TPSA) is 25.8 Å². The van der Waals surface area contributed by atoms with Gasteiger partial charge in [0.15, 0.2) is 0 Å². The van der Waals surface area contributed by atoms with Crippen LogP contribution in [0.1, 0.15) is 0 Å². The van der Waals surface area contributed by atoms with Crippen molar-refractivity contribution in [1.29, 1.82) is 0 Å². The molecule has 3 rings (SSSR count). The molecule has 1 aromatic heterocycles. The van der Waals surface area contributed by atoms with Crippen molar-refractivity contribution in [3.05, 3.63) is 59.8 Å². The number of hydrogen-bond acceptors (Lipinski definition) is 2. The molecular weight excluding hydrogens is 415 g/mol. The van der Waals surface area contributed by atoms with E-state index in [-0.39, 0.29) is 21.1 Å². The van der Waals surface area contributed by atoms with Crippen molar-refractivity contribution < 1.29 is 21.1 Å². The molecule has 4 heteroatoms. The summed E-state index contributed by atoms with van der Waals surface area (Å²) in [7, 11) is 0. The summed E-state index contributed by atoms with van der Waals surface area (Å²) >= 11 is 6.15. The van der Waals surface area contributed by atoms with Gasteiger partial charge in [-0.3, -0.25) is 9.97 Å². The Morgan fingerprint density at radius 2 is 1.72 bits per heavy atom. The maximum absolute atomic E-state index is 6.15. The minimum absolute atomic E-state index is 0. The van der Waals surface area contributed by atoms with Crippen molar-refractivity contribution in [1.82, 2.24) is 9.97 Å². The minimum Gasteiger partial charge on any atom is -0.277 e. The van der Waals surface area contributed by atoms with E-state index in [1.807, 2.05) is 48.5 Å². The molecule has 0 aliphatic carbocycles. The van der Waals surface area contributed by atoms with Gasteiger partial charge < -0.3 is 0 Å². The number of hydrogen-bond donors (Lipinski definition) is 0. The van der Waals surface area contributed by atoms with Crippen molar-refractivity contribution in [2.24, 2.45) is 0 Å². The van der Waals surface area contributed by atoms with Gasteiger partial charge in [-0.05, 0) is 12.1 Å². The zero-order valence-electron chi connectivity index (χ0n) is 9.30. The predicted molar refractivity (Wildman–Crippen MR) is 68.8 cm³/mol. The van der Waals surface area contributed by atoms with Crippen LogP contribution in [0.15, 0.2) is 48.5 Å². The second-order valence-corrected chi connectivity index (χ2v) is 3.99. The van der Waals surface area contributed by atoms with E-state index in [4.69, 9.17) is 11.6 Å². The van der Waals surface area contributed by atoms with E-state index in [9.17, 15) is 0 Å². The first-order valence-electron chi connectivity index (χ1n) is 5.24. The molecule has 88 valence electrons. The van der Waals surface area contributed by atoms with E-state index in [2.05, 4.69) is 16.0 Å². The molecule has 0 aliphatic rings. The Bertz CT molecular complexity index is 671. The molecular formula is C14H8ClN2W-. The summed E-state index contributed by atoms with van der Waals surface area (Å²) < 4.78 is 0. The Balaban J connectivity index is 0.00000120. The summed E-state index contributed by atoms with van der Waals surface area (Å²) in [6.45, 7) is 0. The van der Waals surface area contributed by atoms with Gasteiger partial charge in [0, 0.05) is 26.5 Å². The largest absolute Gasteiger partial charge is 0.277 e. The first kappa shape index (κ1) is 13.2. The summed E-state index contributed by atoms with van der Waals surface area (Å²) in [5, 5.41) is 1.34. The number of para-hydroxylation sites is 1. The van der Waals surface area contributed by atoms with Gasteiger partial charge in [-0.2, -0.15) is 0 Å². The SMILES string of the molecule is Clc1nc(-c2[c-]cccc2)nc2ccccc12.[W]. The van der Waals surface area contributed by atoms with E-state index in [0.29, 0.717) is 11.0 Å². The number of fused-ring (bicyclic) bond motifs is 1. The van der Waals surface area contributed by atoms with Gasteiger partial charge in [0.1, 0.15) is 5.15 Å². The van der Waals surface area contributed by atoms with Gasteiger partial charge in [0.25, 0.3) is 0 Å². The molecule has 0 radical (unpaired) electrons. The smallest absolute Gasteiger partial charge is 0.130 e. The van der Waals surface area contributed by atoms with Crippen LogP contribution in [0, 0.1) is 6.07 Å². The van der Waals surface area contributed by atoms with Crippen molar-refractivity contribution in [2.75, 3.05) is 0 Å². The zero-order chi connectivity index (χ0) is 11.7. The predicted octanol–water partition coefficient (Wildman–Crippen LogP) is 3.75. The van der Waals surface area contributed by atoms with Gasteiger partial charge in [0.2, 0.25) is 0 Å². The van der Waals surface area contributed by atoms with E-state index in [1.54, 1.807) is 0 Å². The standard InChI is InChI=1S/C14H8ClN2.W/c15-13-11-8-4-5-9-12(11)16-14(17-13)10-6-2-1-3-7-10;/h1-6,8-9H;/q-1;. The normalized spacial score (nSPS) is 10.1. The molecule has 0 aliphatic heterocycles. The van der Waals surface area contributed by atoms with E-state index < -0.39 is 0 Å². The average molecular weight is 424 g/mol. The third-order valence-electron chi connectivity index (χ3n) is 2.51. The van der Waals surface area contributed by atoms with Crippen molar-refractivity contribution >= 4 is 22.5 Å². The third-order valence-corrected chi connectivity index (χ3v) is 2.79. The van der Waals surface area contributed by atoms with Crippen LogP contribution < -0.4 is 0 Å². The molecule has 2 nitrogen and oxygen atoms in total. The van der Waals surface area contributed by atoms with Gasteiger partial charge in [-0.1, -0.05) is 23.7 Å². The van der Waals surface area contributed by atoms with Crippen LogP contribution in [0.25, 0.3) is 22.3 Å². The number of nitrogens with zero attached hydrogens (tertiary/aromatic N) is 2. The maximum atomic E-state index is 6.15. The number of rotatable bonds is 1. The first-order chi connectivity index (χ1) is 8.34. The van der Waals surface area contributed by atoms with Gasteiger partial charge in [-0.25, -0.2) is 0 Å². The summed E-state index contributed by atoms with van der Waals surface area (Å²) in [6.07, 6.45) is 0. The molecule has 0 N–H and O–H groups in total. The molecule has 0 atom stereocenters. The summed E-state index contributed by atoms with van der Waals surface area (Å²) in [5.74, 6) is 0.606. The molecule has 1 heterocycles. The Hall–Kier alpha value is -1.24. The second kappa shape index (κ2) is 5.60. The van der Waals surface area contributed by atoms with E-state index in [0.717, 1.165) is 16.5 Å². The van der Waals surface area contributed by atoms with Crippen LogP contribution >= 0.6 is 11.6 Å². The van der Waals surface area contributed by atoms with Crippen LogP contribution in [0.5, 0.6) is 0 Å². The summed E-state index contributed by atoms with van der Waals surface area (Å²) in [6, 6.07) is 18.4. The van der Waals surface area contributed by atoms with E-state index >= 15 is 0 Å². The number of benzene rings is 2. The zero-order valence-corrected chi connectivity index (χ0v) is 13.0.